The molecule has 2 heterocycles. The Bertz CT molecular complexity index is 1010. The van der Waals surface area contributed by atoms with Crippen LogP contribution in [0.1, 0.15) is 35.1 Å². The van der Waals surface area contributed by atoms with Gasteiger partial charge in [-0.1, -0.05) is 18.2 Å². The Morgan fingerprint density at radius 3 is 2.86 bits per heavy atom. The number of hydrogen-bond donors (Lipinski definition) is 4. The number of nitrogens with one attached hydrogen (secondary N) is 3. The molecule has 1 atom stereocenters. The van der Waals surface area contributed by atoms with Gasteiger partial charge in [0.25, 0.3) is 5.91 Å². The fourth-order valence-corrected chi connectivity index (χ4v) is 2.95. The number of anilines is 3. The molecular formula is C19H22N6O3. The smallest absolute Gasteiger partial charge is 0.256 e. The van der Waals surface area contributed by atoms with E-state index >= 15 is 0 Å². The third kappa shape index (κ3) is 3.49. The largest absolute Gasteiger partial charge is 0.373 e. The van der Waals surface area contributed by atoms with Crippen molar-refractivity contribution in [3.05, 3.63) is 47.7 Å². The Morgan fingerprint density at radius 2 is 2.14 bits per heavy atom. The van der Waals surface area contributed by atoms with E-state index in [1.165, 1.54) is 13.3 Å². The Morgan fingerprint density at radius 1 is 1.36 bits per heavy atom. The van der Waals surface area contributed by atoms with Gasteiger partial charge in [0.05, 0.1) is 6.20 Å². The summed E-state index contributed by atoms with van der Waals surface area (Å²) in [7, 11) is 3.20. The highest BCUT2D eigenvalue weighted by molar-refractivity contribution is 6.00. The number of amides is 1. The quantitative estimate of drug-likeness (QED) is 0.463. The van der Waals surface area contributed by atoms with Crippen molar-refractivity contribution in [1.82, 2.24) is 19.9 Å². The van der Waals surface area contributed by atoms with Gasteiger partial charge in [0.1, 0.15) is 17.2 Å². The lowest BCUT2D eigenvalue weighted by Crippen LogP contribution is -2.25. The number of rotatable bonds is 7. The molecule has 0 radical (unpaired) electrons. The molecule has 1 aromatic carbocycles. The zero-order valence-electron chi connectivity index (χ0n) is 15.6. The molecule has 4 rings (SSSR count). The van der Waals surface area contributed by atoms with Crippen molar-refractivity contribution in [2.75, 3.05) is 24.8 Å². The van der Waals surface area contributed by atoms with Crippen LogP contribution in [0, 0.1) is 0 Å². The third-order valence-corrected chi connectivity index (χ3v) is 4.60. The molecule has 28 heavy (non-hydrogen) atoms. The van der Waals surface area contributed by atoms with Crippen molar-refractivity contribution in [3.63, 3.8) is 0 Å². The molecule has 4 N–H and O–H groups in total. The first-order chi connectivity index (χ1) is 13.6. The molecule has 1 saturated carbocycles. The summed E-state index contributed by atoms with van der Waals surface area (Å²) >= 11 is 0. The van der Waals surface area contributed by atoms with Crippen LogP contribution in [-0.2, 0) is 4.74 Å². The van der Waals surface area contributed by atoms with E-state index in [1.807, 2.05) is 18.2 Å². The highest BCUT2D eigenvalue weighted by atomic mass is 16.6. The van der Waals surface area contributed by atoms with Crippen LogP contribution >= 0.6 is 0 Å². The van der Waals surface area contributed by atoms with Crippen LogP contribution in [0.3, 0.4) is 0 Å². The van der Waals surface area contributed by atoms with Gasteiger partial charge in [-0.2, -0.15) is 9.61 Å². The fourth-order valence-electron chi connectivity index (χ4n) is 2.95. The second-order valence-electron chi connectivity index (χ2n) is 6.62. The molecule has 2 aromatic heterocycles. The van der Waals surface area contributed by atoms with E-state index in [1.54, 1.807) is 23.7 Å². The number of benzene rings is 1. The SMILES string of the molecule is CNc1cc(Nc2ccccc2C(O)OC)nc2c(C(=O)NC3CC3)cnn12. The molecule has 9 nitrogen and oxygen atoms in total. The summed E-state index contributed by atoms with van der Waals surface area (Å²) < 4.78 is 6.61. The molecule has 0 saturated heterocycles. The maximum atomic E-state index is 12.5. The first-order valence-corrected chi connectivity index (χ1v) is 9.05. The second kappa shape index (κ2) is 7.45. The van der Waals surface area contributed by atoms with Gasteiger partial charge in [0.2, 0.25) is 0 Å². The van der Waals surface area contributed by atoms with Gasteiger partial charge in [-0.15, -0.1) is 0 Å². The average molecular weight is 382 g/mol. The number of methoxy groups -OCH3 is 1. The van der Waals surface area contributed by atoms with Crippen LogP contribution in [-0.4, -0.2) is 45.8 Å². The molecule has 146 valence electrons. The highest BCUT2D eigenvalue weighted by Gasteiger charge is 2.26. The molecule has 0 spiro atoms. The van der Waals surface area contributed by atoms with E-state index in [0.29, 0.717) is 34.1 Å². The lowest BCUT2D eigenvalue weighted by Gasteiger charge is -2.16. The van der Waals surface area contributed by atoms with Gasteiger partial charge < -0.3 is 25.8 Å². The summed E-state index contributed by atoms with van der Waals surface area (Å²) in [6.45, 7) is 0. The fraction of sp³-hybridized carbons (Fsp3) is 0.316. The van der Waals surface area contributed by atoms with Crippen LogP contribution in [0.25, 0.3) is 5.65 Å². The Kier molecular flexibility index (Phi) is 4.84. The van der Waals surface area contributed by atoms with Gasteiger partial charge in [0, 0.05) is 37.5 Å². The van der Waals surface area contributed by atoms with Gasteiger partial charge in [-0.05, 0) is 18.9 Å². The van der Waals surface area contributed by atoms with Crippen molar-refractivity contribution in [2.24, 2.45) is 0 Å². The standard InChI is InChI=1S/C19H22N6O3/c1-20-16-9-15(23-14-6-4-3-5-12(14)19(27)28-2)24-17-13(10-21-25(16)17)18(26)22-11-7-8-11/h3-6,9-11,19-20,27H,7-8H2,1-2H3,(H,22,26)(H,23,24). The van der Waals surface area contributed by atoms with Crippen LogP contribution < -0.4 is 16.0 Å². The zero-order chi connectivity index (χ0) is 19.7. The number of hydrogen-bond acceptors (Lipinski definition) is 7. The van der Waals surface area contributed by atoms with Crippen LogP contribution in [0.4, 0.5) is 17.3 Å². The first kappa shape index (κ1) is 18.2. The monoisotopic (exact) mass is 382 g/mol. The van der Waals surface area contributed by atoms with E-state index in [9.17, 15) is 9.90 Å². The van der Waals surface area contributed by atoms with E-state index in [0.717, 1.165) is 12.8 Å². The number of nitrogens with zero attached hydrogens (tertiary/aromatic N) is 3. The highest BCUT2D eigenvalue weighted by Crippen LogP contribution is 2.28. The van der Waals surface area contributed by atoms with Gasteiger partial charge in [0.15, 0.2) is 11.9 Å². The number of aromatic nitrogens is 3. The number of ether oxygens (including phenoxy) is 1. The van der Waals surface area contributed by atoms with Crippen LogP contribution in [0.15, 0.2) is 36.5 Å². The van der Waals surface area contributed by atoms with E-state index in [-0.39, 0.29) is 11.9 Å². The first-order valence-electron chi connectivity index (χ1n) is 9.05. The second-order valence-corrected chi connectivity index (χ2v) is 6.62. The molecule has 1 unspecified atom stereocenters. The molecule has 0 aliphatic heterocycles. The van der Waals surface area contributed by atoms with Crippen LogP contribution in [0.2, 0.25) is 0 Å². The molecule has 3 aromatic rings. The summed E-state index contributed by atoms with van der Waals surface area (Å²) in [5.41, 5.74) is 2.09. The minimum atomic E-state index is -1.06. The molecule has 1 aliphatic rings. The number of fused-ring (bicyclic) bond motifs is 1. The number of carbonyl (C=O) groups is 1. The summed E-state index contributed by atoms with van der Waals surface area (Å²) in [5.74, 6) is 0.996. The Labute approximate surface area is 161 Å². The Hall–Kier alpha value is -3.17. The normalized spacial score (nSPS) is 14.7. The molecule has 1 amide bonds. The average Bonchev–Trinajstić information content (AvgIpc) is 3.42. The van der Waals surface area contributed by atoms with Crippen molar-refractivity contribution >= 4 is 28.9 Å². The predicted octanol–water partition coefficient (Wildman–Crippen LogP) is 2.04. The van der Waals surface area contributed by atoms with Crippen molar-refractivity contribution < 1.29 is 14.6 Å². The third-order valence-electron chi connectivity index (χ3n) is 4.60. The van der Waals surface area contributed by atoms with E-state index < -0.39 is 6.29 Å². The van der Waals surface area contributed by atoms with E-state index in [4.69, 9.17) is 4.74 Å². The molecule has 9 heteroatoms. The molecule has 1 aliphatic carbocycles. The minimum Gasteiger partial charge on any atom is -0.373 e. The van der Waals surface area contributed by atoms with Gasteiger partial charge in [-0.3, -0.25) is 4.79 Å². The van der Waals surface area contributed by atoms with Crippen molar-refractivity contribution in [1.29, 1.82) is 0 Å². The predicted molar refractivity (Wildman–Crippen MR) is 105 cm³/mol. The molecule has 1 fully saturated rings. The zero-order valence-corrected chi connectivity index (χ0v) is 15.6. The molecule has 0 bridgehead atoms. The maximum Gasteiger partial charge on any atom is 0.256 e. The summed E-state index contributed by atoms with van der Waals surface area (Å²) in [6, 6.07) is 9.27. The van der Waals surface area contributed by atoms with Gasteiger partial charge >= 0.3 is 0 Å². The molecular weight excluding hydrogens is 360 g/mol. The summed E-state index contributed by atoms with van der Waals surface area (Å²) in [5, 5.41) is 23.6. The maximum absolute atomic E-state index is 12.5. The number of aliphatic hydroxyl groups is 1. The Balaban J connectivity index is 1.72. The van der Waals surface area contributed by atoms with Gasteiger partial charge in [-0.25, -0.2) is 4.98 Å². The lowest BCUT2D eigenvalue weighted by atomic mass is 10.1. The van der Waals surface area contributed by atoms with Crippen molar-refractivity contribution in [2.45, 2.75) is 25.2 Å². The van der Waals surface area contributed by atoms with Crippen molar-refractivity contribution in [3.8, 4) is 0 Å². The van der Waals surface area contributed by atoms with E-state index in [2.05, 4.69) is 26.0 Å². The number of aliphatic hydroxyl groups excluding tert-OH is 1. The van der Waals surface area contributed by atoms with Crippen LogP contribution in [0.5, 0.6) is 0 Å². The minimum absolute atomic E-state index is 0.181. The summed E-state index contributed by atoms with van der Waals surface area (Å²) in [6.07, 6.45) is 2.47. The topological polar surface area (TPSA) is 113 Å². The summed E-state index contributed by atoms with van der Waals surface area (Å²) in [4.78, 5) is 17.1. The number of carbonyl (C=O) groups excluding carboxylic acids is 1. The lowest BCUT2D eigenvalue weighted by molar-refractivity contribution is -0.0764. The number of para-hydroxylation sites is 1.